The van der Waals surface area contributed by atoms with Crippen LogP contribution in [0.1, 0.15) is 65.5 Å². The van der Waals surface area contributed by atoms with Crippen LogP contribution in [0.3, 0.4) is 0 Å². The standard InChI is InChI=1S/C26H39NO7Si2.C24H39NO7Si2.C21H19O2P/c1-25(2,3)36(7,8)33-22-18-14-20(29)32-21(18)23(30)26(24(22)34-35(4,5)6)15-19(28)27(26)31-16-17-12-10-9-11-13-17;1-23(2,3)34(7,8)31-20-18(27)19(28)21(29)24(22(20)32-33(4,5)6)14-17(26)25(24)30-15-16-12-10-9-11-13-16;1-23-21(22)17-24(18-11-5-2-6-12-18,19-13-7-3-8-14-19)20-15-9-4-10-16-20/h9-14,21-24,30H,15-16H2,1-8H3;9-13,19-22,28-29H,14-15H2,1-8H3;2-17H,1H3/t21-,22-,23-,24-,26-;19-,20-,21-,22-,24-;/m11./s1. The predicted molar refractivity (Wildman–Crippen MR) is 376 cm³/mol. The molecule has 0 aromatic heterocycles. The first-order valence-corrected chi connectivity index (χ1v) is 46.5. The average Bonchev–Trinajstić information content (AvgIpc) is 0.978. The summed E-state index contributed by atoms with van der Waals surface area (Å²) in [5, 5.41) is 39.2. The number of hydrogen-bond acceptors (Lipinski definition) is 16. The highest BCUT2D eigenvalue weighted by Crippen LogP contribution is 2.54. The van der Waals surface area contributed by atoms with Crippen LogP contribution in [-0.2, 0) is 74.0 Å². The summed E-state index contributed by atoms with van der Waals surface area (Å²) in [5.41, 5.74) is -0.356. The second-order valence-corrected chi connectivity index (χ2v) is 51.4. The molecule has 10 rings (SSSR count). The number of aliphatic hydroxyl groups is 3. The summed E-state index contributed by atoms with van der Waals surface area (Å²) in [4.78, 5) is 75.8. The Hall–Kier alpha value is -5.80. The van der Waals surface area contributed by atoms with Gasteiger partial charge < -0.3 is 42.5 Å². The van der Waals surface area contributed by atoms with Gasteiger partial charge in [0.15, 0.2) is 45.2 Å². The molecule has 0 radical (unpaired) electrons. The lowest BCUT2D eigenvalue weighted by molar-refractivity contribution is -0.317. The van der Waals surface area contributed by atoms with E-state index >= 15 is 0 Å². The van der Waals surface area contributed by atoms with Crippen molar-refractivity contribution in [2.45, 2.75) is 203 Å². The summed E-state index contributed by atoms with van der Waals surface area (Å²) in [6.07, 6.45) is -7.57. The van der Waals surface area contributed by atoms with Crippen LogP contribution in [-0.4, -0.2) is 161 Å². The van der Waals surface area contributed by atoms with E-state index in [0.717, 1.165) is 32.1 Å². The Balaban J connectivity index is 0.000000184. The van der Waals surface area contributed by atoms with E-state index in [1.54, 1.807) is 5.80 Å². The summed E-state index contributed by atoms with van der Waals surface area (Å²) in [6.45, 7) is 31.0. The number of ketones is 1. The fraction of sp³-hybridized carbons (Fsp3) is 0.465. The van der Waals surface area contributed by atoms with E-state index in [1.165, 1.54) is 18.2 Å². The number of amides is 2. The minimum atomic E-state index is -2.49. The number of carbonyl (C=O) groups is 5. The molecule has 5 aromatic rings. The van der Waals surface area contributed by atoms with Crippen molar-refractivity contribution in [1.82, 2.24) is 10.1 Å². The number of esters is 2. The molecular formula is C71H97N2O16PSi4. The van der Waals surface area contributed by atoms with Crippen LogP contribution in [0.15, 0.2) is 163 Å². The molecule has 3 heterocycles. The Morgan fingerprint density at radius 2 is 0.894 bits per heavy atom. The van der Waals surface area contributed by atoms with Crippen molar-refractivity contribution in [3.8, 4) is 0 Å². The third kappa shape index (κ3) is 15.5. The van der Waals surface area contributed by atoms with Gasteiger partial charge in [-0.05, 0) is 109 Å². The molecule has 5 aliphatic rings. The van der Waals surface area contributed by atoms with Crippen molar-refractivity contribution in [3.63, 3.8) is 0 Å². The molecule has 3 N–H and O–H groups in total. The highest BCUT2D eigenvalue weighted by atomic mass is 31.2. The van der Waals surface area contributed by atoms with Gasteiger partial charge >= 0.3 is 11.9 Å². The van der Waals surface area contributed by atoms with Gasteiger partial charge in [-0.1, -0.05) is 193 Å². The fourth-order valence-corrected chi connectivity index (χ4v) is 20.3. The van der Waals surface area contributed by atoms with Gasteiger partial charge in [0.2, 0.25) is 11.8 Å². The van der Waals surface area contributed by atoms with E-state index in [2.05, 4.69) is 111 Å². The number of Topliss-reactive ketones (excluding diaryl/α,β-unsaturated/α-hetero) is 1. The number of hydrogen-bond donors (Lipinski definition) is 3. The number of rotatable bonds is 18. The molecule has 2 saturated carbocycles. The van der Waals surface area contributed by atoms with Gasteiger partial charge in [-0.2, -0.15) is 0 Å². The molecule has 18 nitrogen and oxygen atoms in total. The Labute approximate surface area is 559 Å². The number of ether oxygens (including phenoxy) is 2. The molecule has 0 bridgehead atoms. The van der Waals surface area contributed by atoms with Crippen LogP contribution in [0.2, 0.25) is 75.5 Å². The Kier molecular flexibility index (Phi) is 22.6. The van der Waals surface area contributed by atoms with Crippen molar-refractivity contribution in [3.05, 3.63) is 174 Å². The lowest BCUT2D eigenvalue weighted by atomic mass is 9.66. The number of fused-ring (bicyclic) bond motifs is 1. The number of nitrogens with zero attached hydrogens (tertiary/aromatic N) is 2. The maximum atomic E-state index is 13.3. The summed E-state index contributed by atoms with van der Waals surface area (Å²) < 4.78 is 37.3. The monoisotopic (exact) mass is 1380 g/mol. The minimum Gasteiger partial charge on any atom is -0.466 e. The fourth-order valence-electron chi connectivity index (χ4n) is 11.9. The maximum Gasteiger partial charge on any atom is 0.331 e. The first-order chi connectivity index (χ1) is 43.8. The molecule has 3 aliphatic heterocycles. The van der Waals surface area contributed by atoms with Crippen LogP contribution in [0, 0.1) is 0 Å². The largest absolute Gasteiger partial charge is 0.466 e. The molecule has 10 atom stereocenters. The van der Waals surface area contributed by atoms with Crippen LogP contribution in [0.4, 0.5) is 0 Å². The summed E-state index contributed by atoms with van der Waals surface area (Å²) in [5.74, 6) is -0.270. The second-order valence-electron chi connectivity index (χ2n) is 29.7. The van der Waals surface area contributed by atoms with E-state index in [0.29, 0.717) is 5.57 Å². The topological polar surface area (TPSA) is 226 Å². The van der Waals surface area contributed by atoms with E-state index in [-0.39, 0.29) is 53.9 Å². The molecule has 2 amide bonds. The molecule has 508 valence electrons. The van der Waals surface area contributed by atoms with Crippen molar-refractivity contribution in [1.29, 1.82) is 0 Å². The van der Waals surface area contributed by atoms with Gasteiger partial charge in [0.25, 0.3) is 0 Å². The Morgan fingerprint density at radius 3 is 1.24 bits per heavy atom. The minimum absolute atomic E-state index is 0.0107. The number of aliphatic hydroxyl groups excluding tert-OH is 3. The van der Waals surface area contributed by atoms with Gasteiger partial charge in [-0.25, -0.2) is 19.7 Å². The first kappa shape index (κ1) is 74.0. The zero-order chi connectivity index (χ0) is 69.2. The molecule has 0 unspecified atom stereocenters. The van der Waals surface area contributed by atoms with Crippen molar-refractivity contribution in [2.75, 3.05) is 7.11 Å². The van der Waals surface area contributed by atoms with Gasteiger partial charge in [0.1, 0.15) is 60.9 Å². The molecule has 94 heavy (non-hydrogen) atoms. The lowest BCUT2D eigenvalue weighted by Gasteiger charge is -2.62. The lowest BCUT2D eigenvalue weighted by Crippen LogP contribution is -2.83. The van der Waals surface area contributed by atoms with Crippen LogP contribution >= 0.6 is 6.89 Å². The zero-order valence-corrected chi connectivity index (χ0v) is 62.4. The Bertz CT molecular complexity index is 3460. The van der Waals surface area contributed by atoms with Gasteiger partial charge in [-0.3, -0.25) is 24.1 Å². The quantitative estimate of drug-likeness (QED) is 0.0321. The van der Waals surface area contributed by atoms with E-state index in [4.69, 9.17) is 36.9 Å². The predicted octanol–water partition coefficient (Wildman–Crippen LogP) is 9.89. The van der Waals surface area contributed by atoms with Crippen molar-refractivity contribution in [2.24, 2.45) is 0 Å². The smallest absolute Gasteiger partial charge is 0.331 e. The molecule has 2 aliphatic carbocycles. The highest BCUT2D eigenvalue weighted by Gasteiger charge is 2.73. The molecular weight excluding hydrogens is 1280 g/mol. The third-order valence-electron chi connectivity index (χ3n) is 18.8. The molecule has 4 fully saturated rings. The number of benzene rings is 5. The van der Waals surface area contributed by atoms with Gasteiger partial charge in [0, 0.05) is 17.4 Å². The van der Waals surface area contributed by atoms with Crippen LogP contribution < -0.4 is 15.9 Å². The molecule has 5 aromatic carbocycles. The van der Waals surface area contributed by atoms with E-state index < -0.39 is 112 Å². The second kappa shape index (κ2) is 28.7. The van der Waals surface area contributed by atoms with Crippen LogP contribution in [0.5, 0.6) is 0 Å². The highest BCUT2D eigenvalue weighted by molar-refractivity contribution is 7.95. The number of β-lactam (4-membered cyclic amide) rings is 2. The van der Waals surface area contributed by atoms with Gasteiger partial charge in [-0.15, -0.1) is 0 Å². The maximum absolute atomic E-state index is 13.3. The number of carbonyl (C=O) groups excluding carboxylic acids is 5. The zero-order valence-electron chi connectivity index (χ0n) is 57.5. The van der Waals surface area contributed by atoms with E-state index in [9.17, 15) is 39.3 Å². The number of methoxy groups -OCH3 is 1. The van der Waals surface area contributed by atoms with Crippen molar-refractivity contribution < 1.29 is 76.1 Å². The van der Waals surface area contributed by atoms with Crippen molar-refractivity contribution >= 4 is 91.4 Å². The Morgan fingerprint density at radius 1 is 0.543 bits per heavy atom. The van der Waals surface area contributed by atoms with E-state index in [1.807, 2.05) is 148 Å². The number of hydroxylamine groups is 4. The molecule has 23 heteroatoms. The molecule has 2 saturated heterocycles. The average molecular weight is 1380 g/mol. The summed E-state index contributed by atoms with van der Waals surface area (Å²) in [7, 11) is -7.97. The SMILES string of the molecule is CC(C)(C)[Si](C)(C)O[C@@H]1C(=O)[C@@H](O)[C@@H](O)[C@]2(CC(=O)N2OCc2ccccc2)[C@@H]1O[Si](C)(C)C.CC(C)(C)[Si](C)(C)O[C@@H]1C2=CC(=O)O[C@H]2[C@@H](O)[C@]2(CC(=O)N2OCc2ccccc2)[C@@H]1O[Si](C)(C)C.COC(=O)C=P(c1ccccc1)(c1ccccc1)c1ccccc1. The summed E-state index contributed by atoms with van der Waals surface area (Å²) >= 11 is 0. The third-order valence-corrected chi connectivity index (χ3v) is 33.6. The van der Waals surface area contributed by atoms with Gasteiger partial charge in [0.05, 0.1) is 26.1 Å². The normalized spacial score (nSPS) is 25.6. The molecule has 2 spiro atoms. The van der Waals surface area contributed by atoms with Crippen LogP contribution in [0.25, 0.3) is 0 Å². The summed E-state index contributed by atoms with van der Waals surface area (Å²) in [6, 6.07) is 49.5. The first-order valence-electron chi connectivity index (χ1n) is 32.1.